The fraction of sp³-hybridized carbons (Fsp3) is 0.727. The number of thiazole rings is 1. The number of nitrogen functional groups attached to an aromatic ring is 1. The Labute approximate surface area is 95.3 Å². The Bertz CT molecular complexity index is 303. The summed E-state index contributed by atoms with van der Waals surface area (Å²) in [6, 6.07) is 0. The van der Waals surface area contributed by atoms with E-state index in [0.717, 1.165) is 18.2 Å². The third kappa shape index (κ3) is 2.92. The van der Waals surface area contributed by atoms with Crippen LogP contribution >= 0.6 is 11.3 Å². The molecule has 3 nitrogen and oxygen atoms in total. The van der Waals surface area contributed by atoms with Crippen molar-refractivity contribution in [2.24, 2.45) is 5.92 Å². The quantitative estimate of drug-likeness (QED) is 0.858. The van der Waals surface area contributed by atoms with Crippen molar-refractivity contribution in [1.82, 2.24) is 9.88 Å². The van der Waals surface area contributed by atoms with E-state index < -0.39 is 0 Å². The van der Waals surface area contributed by atoms with Crippen molar-refractivity contribution in [3.8, 4) is 0 Å². The van der Waals surface area contributed by atoms with Gasteiger partial charge in [0.15, 0.2) is 5.13 Å². The molecule has 84 valence electrons. The average Bonchev–Trinajstić information content (AvgIpc) is 2.65. The minimum absolute atomic E-state index is 0.688. The smallest absolute Gasteiger partial charge is 0.180 e. The van der Waals surface area contributed by atoms with Gasteiger partial charge in [0.05, 0.1) is 5.69 Å². The van der Waals surface area contributed by atoms with Gasteiger partial charge in [0.1, 0.15) is 0 Å². The molecule has 0 unspecified atom stereocenters. The van der Waals surface area contributed by atoms with Gasteiger partial charge in [-0.05, 0) is 31.8 Å². The first-order chi connectivity index (χ1) is 7.28. The molecule has 0 bridgehead atoms. The van der Waals surface area contributed by atoms with Crippen LogP contribution in [0.3, 0.4) is 0 Å². The predicted molar refractivity (Wildman–Crippen MR) is 64.8 cm³/mol. The summed E-state index contributed by atoms with van der Waals surface area (Å²) in [5.41, 5.74) is 6.75. The fourth-order valence-electron chi connectivity index (χ4n) is 2.18. The Morgan fingerprint density at radius 2 is 2.27 bits per heavy atom. The van der Waals surface area contributed by atoms with E-state index >= 15 is 0 Å². The largest absolute Gasteiger partial charge is 0.375 e. The molecule has 1 aliphatic heterocycles. The normalized spacial score (nSPS) is 19.5. The minimum atomic E-state index is 0.688. The molecule has 0 atom stereocenters. The summed E-state index contributed by atoms with van der Waals surface area (Å²) in [6.45, 7) is 5.71. The SMILES string of the molecule is CCC1CCN(Cc2csc(N)n2)CC1. The van der Waals surface area contributed by atoms with E-state index in [1.807, 2.05) is 0 Å². The van der Waals surface area contributed by atoms with E-state index in [1.54, 1.807) is 0 Å². The van der Waals surface area contributed by atoms with Gasteiger partial charge >= 0.3 is 0 Å². The van der Waals surface area contributed by atoms with Crippen LogP contribution in [0.15, 0.2) is 5.38 Å². The first kappa shape index (κ1) is 10.9. The summed E-state index contributed by atoms with van der Waals surface area (Å²) in [4.78, 5) is 6.79. The zero-order chi connectivity index (χ0) is 10.7. The van der Waals surface area contributed by atoms with E-state index in [1.165, 1.54) is 43.7 Å². The number of hydrogen-bond donors (Lipinski definition) is 1. The molecule has 0 amide bonds. The number of nitrogens with zero attached hydrogens (tertiary/aromatic N) is 2. The van der Waals surface area contributed by atoms with E-state index in [4.69, 9.17) is 5.73 Å². The van der Waals surface area contributed by atoms with Crippen molar-refractivity contribution in [3.05, 3.63) is 11.1 Å². The highest BCUT2D eigenvalue weighted by Gasteiger charge is 2.18. The lowest BCUT2D eigenvalue weighted by Gasteiger charge is -2.30. The van der Waals surface area contributed by atoms with E-state index in [0.29, 0.717) is 5.13 Å². The number of nitrogens with two attached hydrogens (primary N) is 1. The molecule has 0 aliphatic carbocycles. The molecule has 4 heteroatoms. The second-order valence-electron chi connectivity index (χ2n) is 4.30. The molecule has 0 aromatic carbocycles. The van der Waals surface area contributed by atoms with Crippen LogP contribution in [0.1, 0.15) is 31.9 Å². The molecule has 0 radical (unpaired) electrons. The second kappa shape index (κ2) is 4.94. The van der Waals surface area contributed by atoms with E-state index in [-0.39, 0.29) is 0 Å². The van der Waals surface area contributed by atoms with Gasteiger partial charge < -0.3 is 5.73 Å². The summed E-state index contributed by atoms with van der Waals surface area (Å²) < 4.78 is 0. The van der Waals surface area contributed by atoms with Gasteiger partial charge in [0.25, 0.3) is 0 Å². The zero-order valence-corrected chi connectivity index (χ0v) is 10.1. The number of anilines is 1. The molecule has 1 aliphatic rings. The number of hydrogen-bond acceptors (Lipinski definition) is 4. The summed E-state index contributed by atoms with van der Waals surface area (Å²) in [7, 11) is 0. The molecule has 1 aromatic rings. The summed E-state index contributed by atoms with van der Waals surface area (Å²) in [5, 5.41) is 2.76. The standard InChI is InChI=1S/C11H19N3S/c1-2-9-3-5-14(6-4-9)7-10-8-15-11(12)13-10/h8-9H,2-7H2,1H3,(H2,12,13). The van der Waals surface area contributed by atoms with Crippen LogP contribution in [0.4, 0.5) is 5.13 Å². The van der Waals surface area contributed by atoms with Crippen molar-refractivity contribution < 1.29 is 0 Å². The number of piperidine rings is 1. The molecule has 0 saturated carbocycles. The van der Waals surface area contributed by atoms with Crippen molar-refractivity contribution in [2.45, 2.75) is 32.7 Å². The van der Waals surface area contributed by atoms with Gasteiger partial charge in [-0.25, -0.2) is 4.98 Å². The Hall–Kier alpha value is -0.610. The van der Waals surface area contributed by atoms with Crippen LogP contribution in [0.25, 0.3) is 0 Å². The van der Waals surface area contributed by atoms with Crippen molar-refractivity contribution in [2.75, 3.05) is 18.8 Å². The molecule has 2 N–H and O–H groups in total. The molecule has 2 rings (SSSR count). The lowest BCUT2D eigenvalue weighted by molar-refractivity contribution is 0.173. The summed E-state index contributed by atoms with van der Waals surface area (Å²) in [5.74, 6) is 0.946. The minimum Gasteiger partial charge on any atom is -0.375 e. The maximum Gasteiger partial charge on any atom is 0.180 e. The first-order valence-corrected chi connectivity index (χ1v) is 6.58. The molecule has 1 fully saturated rings. The van der Waals surface area contributed by atoms with Crippen molar-refractivity contribution in [3.63, 3.8) is 0 Å². The van der Waals surface area contributed by atoms with Gasteiger partial charge in [-0.2, -0.15) is 0 Å². The second-order valence-corrected chi connectivity index (χ2v) is 5.19. The van der Waals surface area contributed by atoms with Crippen LogP contribution in [0.2, 0.25) is 0 Å². The number of aromatic nitrogens is 1. The van der Waals surface area contributed by atoms with Crippen LogP contribution in [-0.2, 0) is 6.54 Å². The van der Waals surface area contributed by atoms with Crippen molar-refractivity contribution in [1.29, 1.82) is 0 Å². The molecular formula is C11H19N3S. The highest BCUT2D eigenvalue weighted by molar-refractivity contribution is 7.13. The monoisotopic (exact) mass is 225 g/mol. The average molecular weight is 225 g/mol. The Kier molecular flexibility index (Phi) is 3.59. The topological polar surface area (TPSA) is 42.1 Å². The van der Waals surface area contributed by atoms with Gasteiger partial charge in [-0.3, -0.25) is 4.90 Å². The molecule has 1 saturated heterocycles. The molecular weight excluding hydrogens is 206 g/mol. The summed E-state index contributed by atoms with van der Waals surface area (Å²) in [6.07, 6.45) is 4.02. The van der Waals surface area contributed by atoms with Crippen LogP contribution in [0.5, 0.6) is 0 Å². The van der Waals surface area contributed by atoms with Crippen LogP contribution < -0.4 is 5.73 Å². The molecule has 0 spiro atoms. The summed E-state index contributed by atoms with van der Waals surface area (Å²) >= 11 is 1.54. The zero-order valence-electron chi connectivity index (χ0n) is 9.28. The maximum atomic E-state index is 5.62. The first-order valence-electron chi connectivity index (χ1n) is 5.70. The number of rotatable bonds is 3. The van der Waals surface area contributed by atoms with Crippen molar-refractivity contribution >= 4 is 16.5 Å². The maximum absolute atomic E-state index is 5.62. The van der Waals surface area contributed by atoms with E-state index in [9.17, 15) is 0 Å². The molecule has 2 heterocycles. The Morgan fingerprint density at radius 1 is 1.53 bits per heavy atom. The highest BCUT2D eigenvalue weighted by Crippen LogP contribution is 2.22. The molecule has 1 aromatic heterocycles. The van der Waals surface area contributed by atoms with Gasteiger partial charge in [-0.1, -0.05) is 13.3 Å². The lowest BCUT2D eigenvalue weighted by Crippen LogP contribution is -2.33. The Balaban J connectivity index is 1.82. The molecule has 15 heavy (non-hydrogen) atoms. The third-order valence-corrected chi connectivity index (χ3v) is 3.96. The third-order valence-electron chi connectivity index (χ3n) is 3.24. The number of likely N-dealkylation sites (tertiary alicyclic amines) is 1. The lowest BCUT2D eigenvalue weighted by atomic mass is 9.94. The van der Waals surface area contributed by atoms with E-state index in [2.05, 4.69) is 22.2 Å². The van der Waals surface area contributed by atoms with Crippen LogP contribution in [0, 0.1) is 5.92 Å². The van der Waals surface area contributed by atoms with Gasteiger partial charge in [0, 0.05) is 11.9 Å². The fourth-order valence-corrected chi connectivity index (χ4v) is 2.73. The Morgan fingerprint density at radius 3 is 2.80 bits per heavy atom. The highest BCUT2D eigenvalue weighted by atomic mass is 32.1. The predicted octanol–water partition coefficient (Wildman–Crippen LogP) is 2.35. The van der Waals surface area contributed by atoms with Gasteiger partial charge in [0.2, 0.25) is 0 Å². The van der Waals surface area contributed by atoms with Crippen LogP contribution in [-0.4, -0.2) is 23.0 Å². The van der Waals surface area contributed by atoms with Gasteiger partial charge in [-0.15, -0.1) is 11.3 Å².